The average Bonchev–Trinajstić information content (AvgIpc) is 2.55. The lowest BCUT2D eigenvalue weighted by molar-refractivity contribution is 0.409. The third-order valence-corrected chi connectivity index (χ3v) is 5.00. The van der Waals surface area contributed by atoms with Crippen LogP contribution in [0.2, 0.25) is 0 Å². The molecule has 0 fully saturated rings. The molecule has 0 saturated carbocycles. The zero-order valence-corrected chi connectivity index (χ0v) is 13.7. The van der Waals surface area contributed by atoms with Crippen LogP contribution in [-0.4, -0.2) is 22.1 Å². The van der Waals surface area contributed by atoms with Gasteiger partial charge in [0, 0.05) is 6.54 Å². The Balaban J connectivity index is 2.00. The van der Waals surface area contributed by atoms with Gasteiger partial charge in [0.25, 0.3) is 0 Å². The van der Waals surface area contributed by atoms with Crippen LogP contribution in [0, 0.1) is 0 Å². The van der Waals surface area contributed by atoms with Gasteiger partial charge in [0.2, 0.25) is 10.0 Å². The fourth-order valence-corrected chi connectivity index (χ4v) is 3.25. The lowest BCUT2D eigenvalue weighted by Gasteiger charge is -2.10. The van der Waals surface area contributed by atoms with Crippen LogP contribution in [0.1, 0.15) is 18.1 Å². The minimum Gasteiger partial charge on any atom is -0.496 e. The van der Waals surface area contributed by atoms with Gasteiger partial charge in [-0.25, -0.2) is 13.1 Å². The highest BCUT2D eigenvalue weighted by Gasteiger charge is 2.13. The molecule has 0 amide bonds. The molecule has 0 aromatic heterocycles. The standard InChI is InChI=1S/C17H21NO3S/c1-3-14-8-10-16(11-9-14)22(19,20)18-13-12-15-6-4-5-7-17(15)21-2/h4-11,18H,3,12-13H2,1-2H3. The summed E-state index contributed by atoms with van der Waals surface area (Å²) in [6.07, 6.45) is 1.47. The first-order chi connectivity index (χ1) is 10.6. The van der Waals surface area contributed by atoms with Crippen LogP contribution in [0.15, 0.2) is 53.4 Å². The third-order valence-electron chi connectivity index (χ3n) is 3.52. The molecule has 0 bridgehead atoms. The zero-order chi connectivity index (χ0) is 16.0. The van der Waals surface area contributed by atoms with Crippen molar-refractivity contribution in [3.63, 3.8) is 0 Å². The minimum absolute atomic E-state index is 0.296. The maximum absolute atomic E-state index is 12.2. The van der Waals surface area contributed by atoms with Crippen molar-refractivity contribution in [2.75, 3.05) is 13.7 Å². The molecule has 0 aliphatic carbocycles. The van der Waals surface area contributed by atoms with Crippen LogP contribution in [0.5, 0.6) is 5.75 Å². The van der Waals surface area contributed by atoms with Gasteiger partial charge in [-0.1, -0.05) is 37.3 Å². The first-order valence-corrected chi connectivity index (χ1v) is 8.75. The summed E-state index contributed by atoms with van der Waals surface area (Å²) in [5.74, 6) is 0.772. The minimum atomic E-state index is -3.47. The molecule has 5 heteroatoms. The van der Waals surface area contributed by atoms with Gasteiger partial charge >= 0.3 is 0 Å². The van der Waals surface area contributed by atoms with Crippen molar-refractivity contribution in [3.8, 4) is 5.75 Å². The van der Waals surface area contributed by atoms with E-state index in [2.05, 4.69) is 4.72 Å². The number of sulfonamides is 1. The summed E-state index contributed by atoms with van der Waals surface area (Å²) in [4.78, 5) is 0.296. The molecule has 0 spiro atoms. The van der Waals surface area contributed by atoms with E-state index in [0.717, 1.165) is 23.3 Å². The topological polar surface area (TPSA) is 55.4 Å². The summed E-state index contributed by atoms with van der Waals surface area (Å²) < 4.78 is 32.4. The first-order valence-electron chi connectivity index (χ1n) is 7.27. The van der Waals surface area contributed by atoms with E-state index in [1.165, 1.54) is 0 Å². The van der Waals surface area contributed by atoms with Gasteiger partial charge in [0.15, 0.2) is 0 Å². The van der Waals surface area contributed by atoms with Crippen LogP contribution in [0.25, 0.3) is 0 Å². The molecule has 118 valence electrons. The smallest absolute Gasteiger partial charge is 0.240 e. The molecule has 2 aromatic carbocycles. The number of aryl methyl sites for hydroxylation is 1. The molecule has 22 heavy (non-hydrogen) atoms. The molecule has 2 rings (SSSR count). The molecule has 2 aromatic rings. The molecular weight excluding hydrogens is 298 g/mol. The fraction of sp³-hybridized carbons (Fsp3) is 0.294. The molecule has 0 radical (unpaired) electrons. The van der Waals surface area contributed by atoms with Gasteiger partial charge in [0.05, 0.1) is 12.0 Å². The Labute approximate surface area is 132 Å². The SMILES string of the molecule is CCc1ccc(S(=O)(=O)NCCc2ccccc2OC)cc1. The summed E-state index contributed by atoms with van der Waals surface area (Å²) >= 11 is 0. The predicted molar refractivity (Wildman–Crippen MR) is 87.7 cm³/mol. The van der Waals surface area contributed by atoms with E-state index >= 15 is 0 Å². The number of rotatable bonds is 7. The summed E-state index contributed by atoms with van der Waals surface area (Å²) in [5.41, 5.74) is 2.10. The molecular formula is C17H21NO3S. The van der Waals surface area contributed by atoms with E-state index in [-0.39, 0.29) is 0 Å². The molecule has 0 atom stereocenters. The number of benzene rings is 2. The monoisotopic (exact) mass is 319 g/mol. The van der Waals surface area contributed by atoms with Crippen molar-refractivity contribution in [1.29, 1.82) is 0 Å². The Hall–Kier alpha value is -1.85. The van der Waals surface area contributed by atoms with Gasteiger partial charge in [-0.3, -0.25) is 0 Å². The lowest BCUT2D eigenvalue weighted by Crippen LogP contribution is -2.26. The van der Waals surface area contributed by atoms with E-state index < -0.39 is 10.0 Å². The second kappa shape index (κ2) is 7.42. The highest BCUT2D eigenvalue weighted by atomic mass is 32.2. The van der Waals surface area contributed by atoms with Crippen LogP contribution in [0.4, 0.5) is 0 Å². The van der Waals surface area contributed by atoms with Crippen molar-refractivity contribution in [1.82, 2.24) is 4.72 Å². The number of ether oxygens (including phenoxy) is 1. The van der Waals surface area contributed by atoms with Gasteiger partial charge in [-0.2, -0.15) is 0 Å². The largest absolute Gasteiger partial charge is 0.496 e. The fourth-order valence-electron chi connectivity index (χ4n) is 2.22. The van der Waals surface area contributed by atoms with Crippen molar-refractivity contribution >= 4 is 10.0 Å². The lowest BCUT2D eigenvalue weighted by atomic mass is 10.1. The zero-order valence-electron chi connectivity index (χ0n) is 12.9. The van der Waals surface area contributed by atoms with Gasteiger partial charge in [-0.05, 0) is 42.2 Å². The number of nitrogens with one attached hydrogen (secondary N) is 1. The average molecular weight is 319 g/mol. The maximum Gasteiger partial charge on any atom is 0.240 e. The van der Waals surface area contributed by atoms with Gasteiger partial charge in [-0.15, -0.1) is 0 Å². The van der Waals surface area contributed by atoms with Crippen molar-refractivity contribution in [3.05, 3.63) is 59.7 Å². The van der Waals surface area contributed by atoms with Crippen molar-refractivity contribution in [2.24, 2.45) is 0 Å². The molecule has 0 saturated heterocycles. The maximum atomic E-state index is 12.2. The Morgan fingerprint density at radius 3 is 2.36 bits per heavy atom. The normalized spacial score (nSPS) is 11.4. The molecule has 1 N–H and O–H groups in total. The van der Waals surface area contributed by atoms with E-state index in [0.29, 0.717) is 17.9 Å². The van der Waals surface area contributed by atoms with Crippen LogP contribution >= 0.6 is 0 Å². The predicted octanol–water partition coefficient (Wildman–Crippen LogP) is 2.78. The Kier molecular flexibility index (Phi) is 5.57. The number of para-hydroxylation sites is 1. The van der Waals surface area contributed by atoms with Gasteiger partial charge < -0.3 is 4.74 Å². The van der Waals surface area contributed by atoms with E-state index in [1.807, 2.05) is 43.3 Å². The Morgan fingerprint density at radius 1 is 1.05 bits per heavy atom. The Bertz CT molecular complexity index is 709. The highest BCUT2D eigenvalue weighted by Crippen LogP contribution is 2.17. The molecule has 0 unspecified atom stereocenters. The van der Waals surface area contributed by atoms with E-state index in [1.54, 1.807) is 19.2 Å². The molecule has 0 aliphatic rings. The van der Waals surface area contributed by atoms with Crippen molar-refractivity contribution < 1.29 is 13.2 Å². The summed E-state index contributed by atoms with van der Waals surface area (Å²) in [6, 6.07) is 14.6. The second-order valence-corrected chi connectivity index (χ2v) is 6.72. The molecule has 4 nitrogen and oxygen atoms in total. The van der Waals surface area contributed by atoms with Crippen molar-refractivity contribution in [2.45, 2.75) is 24.7 Å². The summed E-state index contributed by atoms with van der Waals surface area (Å²) in [5, 5.41) is 0. The molecule has 0 heterocycles. The second-order valence-electron chi connectivity index (χ2n) is 4.96. The first kappa shape index (κ1) is 16.5. The van der Waals surface area contributed by atoms with Crippen LogP contribution in [0.3, 0.4) is 0 Å². The van der Waals surface area contributed by atoms with Gasteiger partial charge in [0.1, 0.15) is 5.75 Å². The van der Waals surface area contributed by atoms with E-state index in [4.69, 9.17) is 4.74 Å². The number of hydrogen-bond acceptors (Lipinski definition) is 3. The third kappa shape index (κ3) is 4.08. The number of hydrogen-bond donors (Lipinski definition) is 1. The highest BCUT2D eigenvalue weighted by molar-refractivity contribution is 7.89. The van der Waals surface area contributed by atoms with E-state index in [9.17, 15) is 8.42 Å². The quantitative estimate of drug-likeness (QED) is 0.854. The number of methoxy groups -OCH3 is 1. The molecule has 0 aliphatic heterocycles. The Morgan fingerprint density at radius 2 is 1.73 bits per heavy atom. The summed E-state index contributed by atoms with van der Waals surface area (Å²) in [6.45, 7) is 2.37. The van der Waals surface area contributed by atoms with Crippen LogP contribution < -0.4 is 9.46 Å². The summed E-state index contributed by atoms with van der Waals surface area (Å²) in [7, 11) is -1.86. The van der Waals surface area contributed by atoms with Crippen LogP contribution in [-0.2, 0) is 22.9 Å².